The zero-order valence-corrected chi connectivity index (χ0v) is 14.7. The van der Waals surface area contributed by atoms with Gasteiger partial charge in [-0.25, -0.2) is 5.84 Å². The fourth-order valence-electron chi connectivity index (χ4n) is 2.80. The average Bonchev–Trinajstić information content (AvgIpc) is 2.58. The number of likely N-dealkylation sites (tertiary alicyclic amines) is 1. The largest absolute Gasteiger partial charge is 0.484 e. The lowest BCUT2D eigenvalue weighted by Gasteiger charge is -2.31. The molecule has 1 saturated heterocycles. The van der Waals surface area contributed by atoms with Crippen LogP contribution >= 0.6 is 0 Å². The molecule has 1 aromatic rings. The maximum absolute atomic E-state index is 12.2. The molecule has 0 saturated carbocycles. The van der Waals surface area contributed by atoms with Crippen LogP contribution in [0.25, 0.3) is 0 Å². The molecule has 1 aliphatic rings. The Balaban J connectivity index is 1.80. The molecule has 6 heteroatoms. The molecule has 1 aliphatic heterocycles. The molecule has 2 amide bonds. The summed E-state index contributed by atoms with van der Waals surface area (Å²) in [5.41, 5.74) is 3.49. The molecule has 3 N–H and O–H groups in total. The first-order chi connectivity index (χ1) is 11.3. The maximum Gasteiger partial charge on any atom is 0.260 e. The van der Waals surface area contributed by atoms with Crippen molar-refractivity contribution in [3.63, 3.8) is 0 Å². The Morgan fingerprint density at radius 3 is 2.29 bits per heavy atom. The number of amides is 2. The number of hydrogen-bond donors (Lipinski definition) is 2. The summed E-state index contributed by atoms with van der Waals surface area (Å²) in [6.07, 6.45) is 1.27. The highest BCUT2D eigenvalue weighted by molar-refractivity contribution is 5.80. The molecule has 6 nitrogen and oxygen atoms in total. The molecule has 0 radical (unpaired) electrons. The van der Waals surface area contributed by atoms with Crippen molar-refractivity contribution in [3.05, 3.63) is 29.8 Å². The lowest BCUT2D eigenvalue weighted by molar-refractivity contribution is -0.137. The van der Waals surface area contributed by atoms with Crippen LogP contribution in [0.2, 0.25) is 0 Å². The number of nitrogens with zero attached hydrogens (tertiary/aromatic N) is 1. The highest BCUT2D eigenvalue weighted by Gasteiger charge is 2.27. The van der Waals surface area contributed by atoms with E-state index < -0.39 is 0 Å². The summed E-state index contributed by atoms with van der Waals surface area (Å²) in [6.45, 7) is 7.60. The van der Waals surface area contributed by atoms with Crippen molar-refractivity contribution >= 4 is 11.8 Å². The van der Waals surface area contributed by atoms with Gasteiger partial charge in [-0.1, -0.05) is 32.9 Å². The molecule has 0 aromatic heterocycles. The van der Waals surface area contributed by atoms with Crippen LogP contribution in [0.1, 0.15) is 39.2 Å². The zero-order chi connectivity index (χ0) is 17.7. The number of carbonyl (C=O) groups is 2. The van der Waals surface area contributed by atoms with Crippen molar-refractivity contribution in [2.45, 2.75) is 39.0 Å². The Labute approximate surface area is 143 Å². The van der Waals surface area contributed by atoms with Crippen molar-refractivity contribution in [2.75, 3.05) is 19.7 Å². The lowest BCUT2D eigenvalue weighted by atomic mass is 9.87. The van der Waals surface area contributed by atoms with Crippen molar-refractivity contribution in [1.82, 2.24) is 10.3 Å². The van der Waals surface area contributed by atoms with Crippen LogP contribution in [0.3, 0.4) is 0 Å². The topological polar surface area (TPSA) is 84.7 Å². The normalized spacial score (nSPS) is 15.9. The van der Waals surface area contributed by atoms with Crippen LogP contribution in [0, 0.1) is 5.92 Å². The zero-order valence-electron chi connectivity index (χ0n) is 14.7. The third-order valence-corrected chi connectivity index (χ3v) is 4.44. The molecule has 2 rings (SSSR count). The molecule has 1 fully saturated rings. The number of piperidine rings is 1. The molecule has 1 heterocycles. The Bertz CT molecular complexity index is 570. The molecule has 24 heavy (non-hydrogen) atoms. The maximum atomic E-state index is 12.2. The molecular formula is C18H27N3O3. The summed E-state index contributed by atoms with van der Waals surface area (Å²) in [5.74, 6) is 5.52. The monoisotopic (exact) mass is 333 g/mol. The quantitative estimate of drug-likeness (QED) is 0.498. The Hall–Kier alpha value is -2.08. The molecule has 0 aliphatic carbocycles. The predicted molar refractivity (Wildman–Crippen MR) is 92.3 cm³/mol. The average molecular weight is 333 g/mol. The minimum atomic E-state index is -0.155. The molecule has 132 valence electrons. The van der Waals surface area contributed by atoms with Gasteiger partial charge >= 0.3 is 0 Å². The van der Waals surface area contributed by atoms with Crippen LogP contribution < -0.4 is 16.0 Å². The van der Waals surface area contributed by atoms with E-state index in [0.717, 1.165) is 0 Å². The molecular weight excluding hydrogens is 306 g/mol. The van der Waals surface area contributed by atoms with Crippen LogP contribution in [-0.4, -0.2) is 36.4 Å². The number of benzene rings is 1. The van der Waals surface area contributed by atoms with Gasteiger partial charge in [-0.05, 0) is 36.0 Å². The fourth-order valence-corrected chi connectivity index (χ4v) is 2.80. The van der Waals surface area contributed by atoms with Crippen LogP contribution in [-0.2, 0) is 15.0 Å². The molecule has 0 atom stereocenters. The fraction of sp³-hybridized carbons (Fsp3) is 0.556. The summed E-state index contributed by atoms with van der Waals surface area (Å²) in [4.78, 5) is 25.4. The highest BCUT2D eigenvalue weighted by Crippen LogP contribution is 2.24. The number of ether oxygens (including phenoxy) is 1. The standard InChI is InChI=1S/C18H27N3O3/c1-18(2,3)14-4-6-15(7-5-14)24-12-16(22)21-10-8-13(9-11-21)17(23)20-19/h4-7,13H,8-12,19H2,1-3H3,(H,20,23). The van der Waals surface area contributed by atoms with E-state index in [0.29, 0.717) is 31.7 Å². The summed E-state index contributed by atoms with van der Waals surface area (Å²) in [5, 5.41) is 0. The van der Waals surface area contributed by atoms with Crippen LogP contribution in [0.4, 0.5) is 0 Å². The van der Waals surface area contributed by atoms with E-state index >= 15 is 0 Å². The number of rotatable bonds is 4. The van der Waals surface area contributed by atoms with Crippen LogP contribution in [0.15, 0.2) is 24.3 Å². The Morgan fingerprint density at radius 1 is 1.21 bits per heavy atom. The number of carbonyl (C=O) groups excluding carboxylic acids is 2. The minimum absolute atomic E-state index is 0.0165. The minimum Gasteiger partial charge on any atom is -0.484 e. The van der Waals surface area contributed by atoms with Gasteiger partial charge in [0.2, 0.25) is 5.91 Å². The van der Waals surface area contributed by atoms with E-state index in [2.05, 4.69) is 26.2 Å². The van der Waals surface area contributed by atoms with Gasteiger partial charge in [-0.2, -0.15) is 0 Å². The van der Waals surface area contributed by atoms with E-state index in [1.54, 1.807) is 4.90 Å². The van der Waals surface area contributed by atoms with E-state index in [9.17, 15) is 9.59 Å². The van der Waals surface area contributed by atoms with Crippen molar-refractivity contribution in [3.8, 4) is 5.75 Å². The Kier molecular flexibility index (Phi) is 5.83. The van der Waals surface area contributed by atoms with E-state index in [1.807, 2.05) is 24.3 Å². The Morgan fingerprint density at radius 2 is 1.79 bits per heavy atom. The first-order valence-corrected chi connectivity index (χ1v) is 8.33. The van der Waals surface area contributed by atoms with E-state index in [1.165, 1.54) is 5.56 Å². The summed E-state index contributed by atoms with van der Waals surface area (Å²) in [6, 6.07) is 7.84. The smallest absolute Gasteiger partial charge is 0.260 e. The molecule has 0 spiro atoms. The van der Waals surface area contributed by atoms with Crippen molar-refractivity contribution in [2.24, 2.45) is 11.8 Å². The lowest BCUT2D eigenvalue weighted by Crippen LogP contribution is -2.45. The van der Waals surface area contributed by atoms with Gasteiger partial charge < -0.3 is 9.64 Å². The third-order valence-electron chi connectivity index (χ3n) is 4.44. The predicted octanol–water partition coefficient (Wildman–Crippen LogP) is 1.59. The van der Waals surface area contributed by atoms with Gasteiger partial charge in [0, 0.05) is 19.0 Å². The first kappa shape index (κ1) is 18.3. The SMILES string of the molecule is CC(C)(C)c1ccc(OCC(=O)N2CCC(C(=O)NN)CC2)cc1. The highest BCUT2D eigenvalue weighted by atomic mass is 16.5. The number of nitrogens with one attached hydrogen (secondary N) is 1. The van der Waals surface area contributed by atoms with E-state index in [4.69, 9.17) is 10.6 Å². The first-order valence-electron chi connectivity index (χ1n) is 8.33. The van der Waals surface area contributed by atoms with Gasteiger partial charge in [-0.3, -0.25) is 15.0 Å². The van der Waals surface area contributed by atoms with Crippen molar-refractivity contribution < 1.29 is 14.3 Å². The molecule has 0 unspecified atom stereocenters. The van der Waals surface area contributed by atoms with E-state index in [-0.39, 0.29) is 29.8 Å². The van der Waals surface area contributed by atoms with Gasteiger partial charge in [0.1, 0.15) is 5.75 Å². The molecule has 0 bridgehead atoms. The second kappa shape index (κ2) is 7.66. The van der Waals surface area contributed by atoms with Gasteiger partial charge in [0.05, 0.1) is 0 Å². The van der Waals surface area contributed by atoms with Gasteiger partial charge in [0.15, 0.2) is 6.61 Å². The number of hydrogen-bond acceptors (Lipinski definition) is 4. The van der Waals surface area contributed by atoms with Gasteiger partial charge in [0.25, 0.3) is 5.91 Å². The second-order valence-electron chi connectivity index (χ2n) is 7.23. The third kappa shape index (κ3) is 4.71. The van der Waals surface area contributed by atoms with Gasteiger partial charge in [-0.15, -0.1) is 0 Å². The summed E-state index contributed by atoms with van der Waals surface area (Å²) in [7, 11) is 0. The molecule has 1 aromatic carbocycles. The van der Waals surface area contributed by atoms with Crippen LogP contribution in [0.5, 0.6) is 5.75 Å². The summed E-state index contributed by atoms with van der Waals surface area (Å²) < 4.78 is 5.59. The van der Waals surface area contributed by atoms with Crippen molar-refractivity contribution in [1.29, 1.82) is 0 Å². The number of hydrazine groups is 1. The summed E-state index contributed by atoms with van der Waals surface area (Å²) >= 11 is 0. The number of nitrogens with two attached hydrogens (primary N) is 1. The second-order valence-corrected chi connectivity index (χ2v) is 7.23.